The van der Waals surface area contributed by atoms with Gasteiger partial charge in [-0.2, -0.15) is 0 Å². The normalized spacial score (nSPS) is 10.6. The van der Waals surface area contributed by atoms with Gasteiger partial charge < -0.3 is 20.1 Å². The maximum Gasteiger partial charge on any atom is 0.319 e. The quantitative estimate of drug-likeness (QED) is 0.407. The van der Waals surface area contributed by atoms with Gasteiger partial charge in [0.1, 0.15) is 23.1 Å². The fourth-order valence-electron chi connectivity index (χ4n) is 2.79. The summed E-state index contributed by atoms with van der Waals surface area (Å²) in [6.45, 7) is 2.34. The number of halogens is 2. The van der Waals surface area contributed by atoms with Crippen molar-refractivity contribution < 1.29 is 18.7 Å². The maximum absolute atomic E-state index is 14.4. The van der Waals surface area contributed by atoms with Crippen LogP contribution in [0.2, 0.25) is 0 Å². The molecule has 6 nitrogen and oxygen atoms in total. The first-order valence-corrected chi connectivity index (χ1v) is 9.57. The van der Waals surface area contributed by atoms with Crippen LogP contribution in [-0.4, -0.2) is 30.5 Å². The summed E-state index contributed by atoms with van der Waals surface area (Å²) in [6, 6.07) is 9.21. The van der Waals surface area contributed by atoms with E-state index in [9.17, 15) is 9.18 Å². The molecule has 0 aliphatic carbocycles. The Bertz CT molecular complexity index is 1030. The summed E-state index contributed by atoms with van der Waals surface area (Å²) in [5.74, 6) is 1.41. The lowest BCUT2D eigenvalue weighted by atomic mass is 10.1. The number of rotatable bonds is 7. The highest BCUT2D eigenvalue weighted by Crippen LogP contribution is 2.33. The summed E-state index contributed by atoms with van der Waals surface area (Å²) in [7, 11) is 1.60. The van der Waals surface area contributed by atoms with Gasteiger partial charge in [-0.1, -0.05) is 0 Å². The van der Waals surface area contributed by atoms with Crippen LogP contribution in [0.15, 0.2) is 42.6 Å². The number of nitrogens with zero attached hydrogens (tertiary/aromatic N) is 1. The Hall–Kier alpha value is -3.06. The second-order valence-electron chi connectivity index (χ2n) is 6.32. The predicted molar refractivity (Wildman–Crippen MR) is 112 cm³/mol. The first-order chi connectivity index (χ1) is 14.0. The summed E-state index contributed by atoms with van der Waals surface area (Å²) in [5, 5.41) is 5.85. The van der Waals surface area contributed by atoms with Gasteiger partial charge in [-0.15, -0.1) is 11.6 Å². The number of ether oxygens (including phenoxy) is 2. The van der Waals surface area contributed by atoms with E-state index in [0.717, 1.165) is 16.7 Å². The number of carbonyl (C=O) groups excluding carboxylic acids is 1. The third-order valence-electron chi connectivity index (χ3n) is 4.23. The number of nitrogens with one attached hydrogen (secondary N) is 2. The maximum atomic E-state index is 14.4. The first kappa shape index (κ1) is 20.7. The molecule has 29 heavy (non-hydrogen) atoms. The van der Waals surface area contributed by atoms with Crippen LogP contribution in [0.1, 0.15) is 12.0 Å². The number of alkyl halides is 1. The monoisotopic (exact) mass is 417 g/mol. The number of benzene rings is 2. The number of urea groups is 1. The Morgan fingerprint density at radius 1 is 1.21 bits per heavy atom. The van der Waals surface area contributed by atoms with Gasteiger partial charge in [-0.3, -0.25) is 4.98 Å². The highest BCUT2D eigenvalue weighted by molar-refractivity contribution is 6.17. The number of pyridine rings is 1. The number of carbonyl (C=O) groups is 1. The molecule has 0 radical (unpaired) electrons. The zero-order chi connectivity index (χ0) is 20.8. The average molecular weight is 418 g/mol. The highest BCUT2D eigenvalue weighted by Gasteiger charge is 2.11. The van der Waals surface area contributed by atoms with E-state index in [0.29, 0.717) is 35.9 Å². The molecule has 0 aliphatic heterocycles. The number of hydrogen-bond acceptors (Lipinski definition) is 4. The minimum atomic E-state index is -0.605. The van der Waals surface area contributed by atoms with Crippen molar-refractivity contribution in [1.29, 1.82) is 0 Å². The summed E-state index contributed by atoms with van der Waals surface area (Å²) >= 11 is 5.56. The summed E-state index contributed by atoms with van der Waals surface area (Å²) < 4.78 is 25.6. The molecule has 0 fully saturated rings. The lowest BCUT2D eigenvalue weighted by Crippen LogP contribution is -2.30. The molecule has 3 rings (SSSR count). The first-order valence-electron chi connectivity index (χ1n) is 9.03. The molecule has 0 spiro atoms. The lowest BCUT2D eigenvalue weighted by molar-refractivity contribution is 0.252. The van der Waals surface area contributed by atoms with Crippen molar-refractivity contribution in [3.05, 3.63) is 54.0 Å². The molecule has 2 amide bonds. The van der Waals surface area contributed by atoms with E-state index in [1.165, 1.54) is 12.1 Å². The fraction of sp³-hybridized carbons (Fsp3) is 0.238. The number of hydrogen-bond donors (Lipinski definition) is 2. The van der Waals surface area contributed by atoms with Gasteiger partial charge in [0.25, 0.3) is 0 Å². The number of amides is 2. The molecule has 1 aromatic heterocycles. The number of methoxy groups -OCH3 is 1. The summed E-state index contributed by atoms with van der Waals surface area (Å²) in [6.07, 6.45) is 2.25. The van der Waals surface area contributed by atoms with Gasteiger partial charge in [0.15, 0.2) is 0 Å². The van der Waals surface area contributed by atoms with Gasteiger partial charge >= 0.3 is 6.03 Å². The van der Waals surface area contributed by atoms with Gasteiger partial charge in [0.2, 0.25) is 0 Å². The molecule has 0 atom stereocenters. The Kier molecular flexibility index (Phi) is 6.72. The van der Waals surface area contributed by atoms with Crippen LogP contribution in [0.4, 0.5) is 14.9 Å². The van der Waals surface area contributed by atoms with Crippen molar-refractivity contribution in [3.8, 4) is 17.2 Å². The highest BCUT2D eigenvalue weighted by atomic mass is 35.5. The molecular formula is C21H21ClFN3O3. The Labute approximate surface area is 173 Å². The molecule has 0 saturated carbocycles. The van der Waals surface area contributed by atoms with Crippen molar-refractivity contribution in [2.75, 3.05) is 24.9 Å². The minimum Gasteiger partial charge on any atom is -0.496 e. The zero-order valence-electron chi connectivity index (χ0n) is 16.1. The van der Waals surface area contributed by atoms with Crippen molar-refractivity contribution in [2.45, 2.75) is 13.3 Å². The number of aryl methyl sites for hydroxylation is 1. The van der Waals surface area contributed by atoms with Gasteiger partial charge in [-0.05, 0) is 43.2 Å². The topological polar surface area (TPSA) is 72.5 Å². The third-order valence-corrected chi connectivity index (χ3v) is 4.50. The standard InChI is InChI=1S/C21H21ClFN3O3/c1-13-10-15-18(12-20(13)28-2)24-9-6-19(15)29-14-4-5-17(16(23)11-14)26-21(27)25-8-3-7-22/h4-6,9-12H,3,7-8H2,1-2H3,(H2,25,26,27). The van der Waals surface area contributed by atoms with Gasteiger partial charge in [-0.25, -0.2) is 9.18 Å². The minimum absolute atomic E-state index is 0.0564. The number of aromatic nitrogens is 1. The molecule has 2 aromatic carbocycles. The Morgan fingerprint density at radius 2 is 2.03 bits per heavy atom. The largest absolute Gasteiger partial charge is 0.496 e. The fourth-order valence-corrected chi connectivity index (χ4v) is 2.92. The summed E-state index contributed by atoms with van der Waals surface area (Å²) in [5.41, 5.74) is 1.70. The molecule has 152 valence electrons. The van der Waals surface area contributed by atoms with Crippen molar-refractivity contribution in [3.63, 3.8) is 0 Å². The summed E-state index contributed by atoms with van der Waals surface area (Å²) in [4.78, 5) is 16.1. The molecule has 0 bridgehead atoms. The van der Waals surface area contributed by atoms with E-state index in [-0.39, 0.29) is 5.69 Å². The third kappa shape index (κ3) is 5.06. The average Bonchev–Trinajstić information content (AvgIpc) is 2.70. The van der Waals surface area contributed by atoms with Crippen LogP contribution in [0.5, 0.6) is 17.2 Å². The number of anilines is 1. The molecule has 0 aliphatic rings. The van der Waals surface area contributed by atoms with Crippen molar-refractivity contribution in [1.82, 2.24) is 10.3 Å². The Balaban J connectivity index is 1.78. The molecule has 0 unspecified atom stereocenters. The van der Waals surface area contributed by atoms with Crippen LogP contribution in [0.25, 0.3) is 10.9 Å². The SMILES string of the molecule is COc1cc2nccc(Oc3ccc(NC(=O)NCCCCl)c(F)c3)c2cc1C. The van der Waals surface area contributed by atoms with Crippen molar-refractivity contribution >= 4 is 34.2 Å². The van der Waals surface area contributed by atoms with Gasteiger partial charge in [0.05, 0.1) is 18.3 Å². The smallest absolute Gasteiger partial charge is 0.319 e. The lowest BCUT2D eigenvalue weighted by Gasteiger charge is -2.12. The van der Waals surface area contributed by atoms with E-state index >= 15 is 0 Å². The van der Waals surface area contributed by atoms with E-state index in [4.69, 9.17) is 21.1 Å². The van der Waals surface area contributed by atoms with E-state index in [1.54, 1.807) is 25.4 Å². The predicted octanol–water partition coefficient (Wildman–Crippen LogP) is 5.23. The van der Waals surface area contributed by atoms with Crippen LogP contribution in [0.3, 0.4) is 0 Å². The van der Waals surface area contributed by atoms with E-state index in [2.05, 4.69) is 15.6 Å². The van der Waals surface area contributed by atoms with E-state index in [1.807, 2.05) is 19.1 Å². The molecular weight excluding hydrogens is 397 g/mol. The Morgan fingerprint density at radius 3 is 2.76 bits per heavy atom. The van der Waals surface area contributed by atoms with Gasteiger partial charge in [0, 0.05) is 36.1 Å². The molecule has 1 heterocycles. The molecule has 2 N–H and O–H groups in total. The zero-order valence-corrected chi connectivity index (χ0v) is 16.8. The van der Waals surface area contributed by atoms with Crippen molar-refractivity contribution in [2.24, 2.45) is 0 Å². The molecule has 3 aromatic rings. The van der Waals surface area contributed by atoms with Crippen LogP contribution in [0, 0.1) is 12.7 Å². The molecule has 8 heteroatoms. The second kappa shape index (κ2) is 9.43. The van der Waals surface area contributed by atoms with Crippen LogP contribution < -0.4 is 20.1 Å². The van der Waals surface area contributed by atoms with E-state index < -0.39 is 11.8 Å². The molecule has 0 saturated heterocycles. The van der Waals surface area contributed by atoms with Crippen LogP contribution in [-0.2, 0) is 0 Å². The second-order valence-corrected chi connectivity index (χ2v) is 6.69. The van der Waals surface area contributed by atoms with Crippen LogP contribution >= 0.6 is 11.6 Å². The number of fused-ring (bicyclic) bond motifs is 1.